The van der Waals surface area contributed by atoms with E-state index >= 15 is 0 Å². The molecule has 2 nitrogen and oxygen atoms in total. The van der Waals surface area contributed by atoms with E-state index in [-0.39, 0.29) is 11.0 Å². The molecular formula is C42H39N2+. The second-order valence-corrected chi connectivity index (χ2v) is 12.5. The fourth-order valence-corrected chi connectivity index (χ4v) is 7.29. The van der Waals surface area contributed by atoms with Crippen LogP contribution in [0.4, 0.5) is 0 Å². The zero-order valence-electron chi connectivity index (χ0n) is 26.1. The third-order valence-electron chi connectivity index (χ3n) is 10.4. The van der Waals surface area contributed by atoms with Crippen molar-refractivity contribution in [1.82, 2.24) is 4.98 Å². The number of pyridine rings is 2. The van der Waals surface area contributed by atoms with Crippen LogP contribution in [0.15, 0.2) is 140 Å². The highest BCUT2D eigenvalue weighted by atomic mass is 15.1. The molecule has 0 fully saturated rings. The lowest BCUT2D eigenvalue weighted by Gasteiger charge is -2.46. The highest BCUT2D eigenvalue weighted by Crippen LogP contribution is 2.50. The zero-order valence-corrected chi connectivity index (χ0v) is 26.1. The fraction of sp³-hybridized carbons (Fsp3) is 0.190. The van der Waals surface area contributed by atoms with Gasteiger partial charge in [-0.1, -0.05) is 105 Å². The molecule has 216 valence electrons. The van der Waals surface area contributed by atoms with Gasteiger partial charge in [0.05, 0.1) is 22.4 Å². The van der Waals surface area contributed by atoms with Gasteiger partial charge in [-0.05, 0) is 71.5 Å². The monoisotopic (exact) mass is 571 g/mol. The minimum atomic E-state index is -0.00131. The molecule has 0 bridgehead atoms. The van der Waals surface area contributed by atoms with E-state index in [0.29, 0.717) is 0 Å². The first-order valence-electron chi connectivity index (χ1n) is 15.8. The van der Waals surface area contributed by atoms with Gasteiger partial charge in [-0.3, -0.25) is 0 Å². The molecule has 0 amide bonds. The minimum Gasteiger partial charge on any atom is -0.248 e. The molecule has 0 N–H and O–H groups in total. The van der Waals surface area contributed by atoms with Crippen molar-refractivity contribution in [3.05, 3.63) is 145 Å². The van der Waals surface area contributed by atoms with E-state index in [9.17, 15) is 0 Å². The summed E-state index contributed by atoms with van der Waals surface area (Å²) in [5.74, 6) is 0. The molecule has 2 unspecified atom stereocenters. The Kier molecular flexibility index (Phi) is 7.01. The Morgan fingerprint density at radius 1 is 0.523 bits per heavy atom. The van der Waals surface area contributed by atoms with Gasteiger partial charge in [0.1, 0.15) is 0 Å². The van der Waals surface area contributed by atoms with Crippen LogP contribution in [0.25, 0.3) is 56.0 Å². The van der Waals surface area contributed by atoms with Crippen molar-refractivity contribution in [2.75, 3.05) is 0 Å². The van der Waals surface area contributed by atoms with Crippen LogP contribution < -0.4 is 4.57 Å². The molecule has 2 aromatic heterocycles. The maximum Gasteiger partial charge on any atom is 0.213 e. The van der Waals surface area contributed by atoms with E-state index in [4.69, 9.17) is 4.98 Å². The van der Waals surface area contributed by atoms with Crippen LogP contribution in [0, 0.1) is 0 Å². The first kappa shape index (κ1) is 28.0. The van der Waals surface area contributed by atoms with Gasteiger partial charge < -0.3 is 0 Å². The quantitative estimate of drug-likeness (QED) is 0.182. The molecule has 2 heteroatoms. The van der Waals surface area contributed by atoms with Crippen molar-refractivity contribution in [2.45, 2.75) is 51.5 Å². The molecule has 6 aromatic rings. The van der Waals surface area contributed by atoms with Crippen LogP contribution >= 0.6 is 0 Å². The standard InChI is InChI=1S/C42H39N2/c1-5-41(3)37-24-23-33(27-36(37)40-22-13-14-25-44(40)42(41,4)6-2)32-20-15-21-34(26-32)39-29-35(30-16-9-7-10-17-30)28-38(43-39)31-18-11-8-12-19-31/h7-29H,5-6H2,1-4H3/q+1. The molecule has 0 saturated carbocycles. The second kappa shape index (κ2) is 11.0. The molecule has 44 heavy (non-hydrogen) atoms. The molecule has 0 aliphatic carbocycles. The summed E-state index contributed by atoms with van der Waals surface area (Å²) in [5.41, 5.74) is 13.0. The molecule has 0 radical (unpaired) electrons. The molecule has 1 aliphatic heterocycles. The average Bonchev–Trinajstić information content (AvgIpc) is 3.11. The van der Waals surface area contributed by atoms with Gasteiger partial charge in [-0.25, -0.2) is 4.98 Å². The van der Waals surface area contributed by atoms with E-state index in [2.05, 4.69) is 172 Å². The smallest absolute Gasteiger partial charge is 0.213 e. The Bertz CT molecular complexity index is 1900. The maximum atomic E-state index is 5.19. The van der Waals surface area contributed by atoms with Crippen LogP contribution in [0.5, 0.6) is 0 Å². The number of benzene rings is 4. The van der Waals surface area contributed by atoms with E-state index in [0.717, 1.165) is 35.4 Å². The molecule has 3 heterocycles. The summed E-state index contributed by atoms with van der Waals surface area (Å²) in [5, 5.41) is 0. The van der Waals surface area contributed by atoms with Gasteiger partial charge in [0.25, 0.3) is 0 Å². The highest BCUT2D eigenvalue weighted by molar-refractivity contribution is 5.80. The Balaban J connectivity index is 1.36. The van der Waals surface area contributed by atoms with Gasteiger partial charge >= 0.3 is 0 Å². The summed E-state index contributed by atoms with van der Waals surface area (Å²) >= 11 is 0. The molecule has 7 rings (SSSR count). The average molecular weight is 572 g/mol. The van der Waals surface area contributed by atoms with Crippen molar-refractivity contribution in [3.63, 3.8) is 0 Å². The third-order valence-corrected chi connectivity index (χ3v) is 10.4. The van der Waals surface area contributed by atoms with Crippen molar-refractivity contribution in [2.24, 2.45) is 0 Å². The highest BCUT2D eigenvalue weighted by Gasteiger charge is 2.56. The Morgan fingerprint density at radius 3 is 1.84 bits per heavy atom. The zero-order chi connectivity index (χ0) is 30.3. The van der Waals surface area contributed by atoms with Crippen molar-refractivity contribution >= 4 is 0 Å². The lowest BCUT2D eigenvalue weighted by atomic mass is 9.60. The number of hydrogen-bond acceptors (Lipinski definition) is 1. The largest absolute Gasteiger partial charge is 0.248 e. The van der Waals surface area contributed by atoms with Crippen LogP contribution in [0.3, 0.4) is 0 Å². The van der Waals surface area contributed by atoms with Gasteiger partial charge in [0, 0.05) is 36.6 Å². The summed E-state index contributed by atoms with van der Waals surface area (Å²) < 4.78 is 2.53. The van der Waals surface area contributed by atoms with Gasteiger partial charge in [-0.15, -0.1) is 0 Å². The Morgan fingerprint density at radius 2 is 1.14 bits per heavy atom. The molecule has 2 atom stereocenters. The number of rotatable bonds is 6. The predicted octanol–water partition coefficient (Wildman–Crippen LogP) is 10.5. The Labute approximate surface area is 261 Å². The summed E-state index contributed by atoms with van der Waals surface area (Å²) in [6, 6.07) is 48.1. The van der Waals surface area contributed by atoms with Crippen LogP contribution in [-0.4, -0.2) is 4.98 Å². The van der Waals surface area contributed by atoms with E-state index < -0.39 is 0 Å². The van der Waals surface area contributed by atoms with E-state index in [1.54, 1.807) is 0 Å². The Hall–Kier alpha value is -4.82. The first-order chi connectivity index (χ1) is 21.4. The lowest BCUT2D eigenvalue weighted by Crippen LogP contribution is -2.67. The van der Waals surface area contributed by atoms with Crippen LogP contribution in [0.1, 0.15) is 46.1 Å². The molecule has 1 aliphatic rings. The normalized spacial score (nSPS) is 18.8. The number of aromatic nitrogens is 2. The van der Waals surface area contributed by atoms with Crippen molar-refractivity contribution in [3.8, 4) is 56.0 Å². The van der Waals surface area contributed by atoms with Crippen LogP contribution in [-0.2, 0) is 11.0 Å². The van der Waals surface area contributed by atoms with Crippen molar-refractivity contribution in [1.29, 1.82) is 0 Å². The first-order valence-corrected chi connectivity index (χ1v) is 15.8. The fourth-order valence-electron chi connectivity index (χ4n) is 7.29. The van der Waals surface area contributed by atoms with E-state index in [1.165, 1.54) is 39.1 Å². The lowest BCUT2D eigenvalue weighted by molar-refractivity contribution is -0.765. The summed E-state index contributed by atoms with van der Waals surface area (Å²) in [7, 11) is 0. The molecule has 4 aromatic carbocycles. The predicted molar refractivity (Wildman–Crippen MR) is 183 cm³/mol. The number of nitrogens with zero attached hydrogens (tertiary/aromatic N) is 2. The summed E-state index contributed by atoms with van der Waals surface area (Å²) in [4.78, 5) is 5.19. The topological polar surface area (TPSA) is 16.8 Å². The van der Waals surface area contributed by atoms with Gasteiger partial charge in [-0.2, -0.15) is 4.57 Å². The van der Waals surface area contributed by atoms with E-state index in [1.807, 2.05) is 0 Å². The third kappa shape index (κ3) is 4.48. The maximum absolute atomic E-state index is 5.19. The summed E-state index contributed by atoms with van der Waals surface area (Å²) in [6.45, 7) is 9.55. The summed E-state index contributed by atoms with van der Waals surface area (Å²) in [6.07, 6.45) is 4.43. The SMILES string of the molecule is CCC1(C)c2ccc(-c3cccc(-c4cc(-c5ccccc5)cc(-c5ccccc5)n4)c3)cc2-c2cccc[n+]2C1(C)CC. The van der Waals surface area contributed by atoms with Crippen molar-refractivity contribution < 1.29 is 4.57 Å². The van der Waals surface area contributed by atoms with Gasteiger partial charge in [0.15, 0.2) is 11.7 Å². The number of fused-ring (bicyclic) bond motifs is 3. The second-order valence-electron chi connectivity index (χ2n) is 12.5. The molecular weight excluding hydrogens is 532 g/mol. The molecule has 0 saturated heterocycles. The minimum absolute atomic E-state index is 0.00131. The number of hydrogen-bond donors (Lipinski definition) is 0. The van der Waals surface area contributed by atoms with Gasteiger partial charge in [0.2, 0.25) is 5.69 Å². The van der Waals surface area contributed by atoms with Crippen LogP contribution in [0.2, 0.25) is 0 Å². The molecule has 0 spiro atoms.